The van der Waals surface area contributed by atoms with Crippen molar-refractivity contribution in [2.45, 2.75) is 19.8 Å². The minimum atomic E-state index is 0.559. The zero-order valence-electron chi connectivity index (χ0n) is 9.90. The smallest absolute Gasteiger partial charge is 0.0625 e. The lowest BCUT2D eigenvalue weighted by molar-refractivity contribution is 1.01. The topological polar surface area (TPSA) is 23.8 Å². The summed E-state index contributed by atoms with van der Waals surface area (Å²) in [6, 6.07) is 19.8. The van der Waals surface area contributed by atoms with Crippen LogP contribution in [-0.2, 0) is 6.42 Å². The number of nitrogens with zero attached hydrogens (tertiary/aromatic N) is 1. The summed E-state index contributed by atoms with van der Waals surface area (Å²) in [6.45, 7) is 2.08. The van der Waals surface area contributed by atoms with Gasteiger partial charge in [-0.25, -0.2) is 0 Å². The molecule has 2 aromatic rings. The second kappa shape index (κ2) is 5.32. The molecule has 0 saturated carbocycles. The Morgan fingerprint density at radius 2 is 2.12 bits per heavy atom. The fraction of sp³-hybridized carbons (Fsp3) is 0.188. The Bertz CT molecular complexity index is 535. The minimum absolute atomic E-state index is 0.559. The molecule has 0 unspecified atom stereocenters. The van der Waals surface area contributed by atoms with E-state index in [1.807, 2.05) is 18.2 Å². The van der Waals surface area contributed by atoms with Gasteiger partial charge >= 0.3 is 0 Å². The maximum Gasteiger partial charge on any atom is 0.0625 e. The van der Waals surface area contributed by atoms with Crippen molar-refractivity contribution in [2.75, 3.05) is 0 Å². The summed E-state index contributed by atoms with van der Waals surface area (Å²) in [6.07, 6.45) is 1.36. The van der Waals surface area contributed by atoms with Crippen molar-refractivity contribution in [3.63, 3.8) is 0 Å². The fourth-order valence-corrected chi connectivity index (χ4v) is 1.94. The highest BCUT2D eigenvalue weighted by atomic mass is 14.2. The predicted molar refractivity (Wildman–Crippen MR) is 69.4 cm³/mol. The Morgan fingerprint density at radius 1 is 1.24 bits per heavy atom. The van der Waals surface area contributed by atoms with E-state index in [4.69, 9.17) is 5.26 Å². The Kier molecular flexibility index (Phi) is 3.57. The third-order valence-corrected chi connectivity index (χ3v) is 2.77. The van der Waals surface area contributed by atoms with Crippen LogP contribution in [-0.4, -0.2) is 0 Å². The van der Waals surface area contributed by atoms with Crippen LogP contribution < -0.4 is 0 Å². The van der Waals surface area contributed by atoms with Gasteiger partial charge in [0.15, 0.2) is 0 Å². The third kappa shape index (κ3) is 2.73. The predicted octanol–water partition coefficient (Wildman–Crippen LogP) is 3.92. The first-order valence-corrected chi connectivity index (χ1v) is 5.75. The molecule has 0 saturated heterocycles. The standard InChI is InChI=1S/C16H14N/c1-13-9-10-16(14-6-3-2-4-7-14)15(12-13)8-5-11-17/h2-4,6,9-10,12H,5,8H2,1H3. The van der Waals surface area contributed by atoms with E-state index in [2.05, 4.69) is 43.3 Å². The van der Waals surface area contributed by atoms with E-state index in [9.17, 15) is 0 Å². The summed E-state index contributed by atoms with van der Waals surface area (Å²) in [7, 11) is 0. The van der Waals surface area contributed by atoms with Crippen molar-refractivity contribution >= 4 is 0 Å². The fourth-order valence-electron chi connectivity index (χ4n) is 1.94. The van der Waals surface area contributed by atoms with Gasteiger partial charge in [0.1, 0.15) is 0 Å². The first-order valence-electron chi connectivity index (χ1n) is 5.75. The van der Waals surface area contributed by atoms with Crippen molar-refractivity contribution in [1.29, 1.82) is 5.26 Å². The van der Waals surface area contributed by atoms with Crippen molar-refractivity contribution in [3.8, 4) is 17.2 Å². The van der Waals surface area contributed by atoms with Gasteiger partial charge in [-0.3, -0.25) is 0 Å². The first kappa shape index (κ1) is 11.4. The number of benzene rings is 2. The summed E-state index contributed by atoms with van der Waals surface area (Å²) < 4.78 is 0. The van der Waals surface area contributed by atoms with Gasteiger partial charge in [0.25, 0.3) is 0 Å². The normalized spacial score (nSPS) is 9.88. The molecule has 2 aromatic carbocycles. The van der Waals surface area contributed by atoms with Gasteiger partial charge in [-0.2, -0.15) is 5.26 Å². The minimum Gasteiger partial charge on any atom is -0.198 e. The van der Waals surface area contributed by atoms with Gasteiger partial charge in [0.2, 0.25) is 0 Å². The van der Waals surface area contributed by atoms with E-state index in [1.54, 1.807) is 0 Å². The summed E-state index contributed by atoms with van der Waals surface area (Å²) in [5, 5.41) is 8.70. The van der Waals surface area contributed by atoms with Gasteiger partial charge in [-0.1, -0.05) is 48.0 Å². The molecule has 0 N–H and O–H groups in total. The molecule has 2 rings (SSSR count). The van der Waals surface area contributed by atoms with Crippen LogP contribution in [0, 0.1) is 24.3 Å². The zero-order valence-corrected chi connectivity index (χ0v) is 9.90. The molecule has 1 nitrogen and oxygen atoms in total. The average molecular weight is 220 g/mol. The van der Waals surface area contributed by atoms with Crippen LogP contribution in [0.3, 0.4) is 0 Å². The van der Waals surface area contributed by atoms with Gasteiger partial charge in [-0.05, 0) is 36.1 Å². The molecule has 1 radical (unpaired) electrons. The molecular weight excluding hydrogens is 206 g/mol. The summed E-state index contributed by atoms with van der Waals surface area (Å²) >= 11 is 0. The number of aryl methyl sites for hydroxylation is 2. The molecule has 17 heavy (non-hydrogen) atoms. The number of hydrogen-bond acceptors (Lipinski definition) is 1. The summed E-state index contributed by atoms with van der Waals surface area (Å²) in [5.41, 5.74) is 4.75. The lowest BCUT2D eigenvalue weighted by Crippen LogP contribution is -1.91. The van der Waals surface area contributed by atoms with Crippen LogP contribution in [0.15, 0.2) is 42.5 Å². The molecule has 83 valence electrons. The average Bonchev–Trinajstić information content (AvgIpc) is 2.37. The van der Waals surface area contributed by atoms with Crippen molar-refractivity contribution in [3.05, 3.63) is 59.7 Å². The molecule has 0 aliphatic rings. The molecule has 0 atom stereocenters. The van der Waals surface area contributed by atoms with Gasteiger partial charge in [0.05, 0.1) is 6.07 Å². The Hall–Kier alpha value is -2.07. The van der Waals surface area contributed by atoms with E-state index in [0.717, 1.165) is 12.0 Å². The quantitative estimate of drug-likeness (QED) is 0.769. The van der Waals surface area contributed by atoms with E-state index in [1.165, 1.54) is 16.7 Å². The second-order valence-electron chi connectivity index (χ2n) is 4.09. The van der Waals surface area contributed by atoms with Crippen molar-refractivity contribution in [2.24, 2.45) is 0 Å². The number of nitriles is 1. The number of hydrogen-bond donors (Lipinski definition) is 0. The van der Waals surface area contributed by atoms with Gasteiger partial charge < -0.3 is 0 Å². The molecule has 0 spiro atoms. The first-order chi connectivity index (χ1) is 8.31. The molecule has 0 fully saturated rings. The molecule has 0 aliphatic carbocycles. The van der Waals surface area contributed by atoms with Crippen LogP contribution in [0.25, 0.3) is 11.1 Å². The second-order valence-corrected chi connectivity index (χ2v) is 4.09. The zero-order chi connectivity index (χ0) is 12.1. The van der Waals surface area contributed by atoms with Crippen LogP contribution in [0.5, 0.6) is 0 Å². The molecule has 0 amide bonds. The van der Waals surface area contributed by atoms with Crippen LogP contribution in [0.2, 0.25) is 0 Å². The van der Waals surface area contributed by atoms with Crippen molar-refractivity contribution in [1.82, 2.24) is 0 Å². The lowest BCUT2D eigenvalue weighted by atomic mass is 9.95. The number of rotatable bonds is 3. The molecule has 0 bridgehead atoms. The highest BCUT2D eigenvalue weighted by molar-refractivity contribution is 5.67. The van der Waals surface area contributed by atoms with E-state index in [0.29, 0.717) is 6.42 Å². The maximum atomic E-state index is 8.70. The molecule has 0 aliphatic heterocycles. The highest BCUT2D eigenvalue weighted by Crippen LogP contribution is 2.25. The van der Waals surface area contributed by atoms with Crippen LogP contribution in [0.4, 0.5) is 0 Å². The SMILES string of the molecule is Cc1ccc(-c2[c]cccc2)c(CCC#N)c1. The van der Waals surface area contributed by atoms with Crippen LogP contribution >= 0.6 is 0 Å². The Morgan fingerprint density at radius 3 is 2.82 bits per heavy atom. The van der Waals surface area contributed by atoms with Gasteiger partial charge in [0, 0.05) is 6.42 Å². The molecule has 0 heterocycles. The summed E-state index contributed by atoms with van der Waals surface area (Å²) in [5.74, 6) is 0. The van der Waals surface area contributed by atoms with E-state index in [-0.39, 0.29) is 0 Å². The van der Waals surface area contributed by atoms with E-state index < -0.39 is 0 Å². The Balaban J connectivity index is 2.43. The van der Waals surface area contributed by atoms with Crippen LogP contribution in [0.1, 0.15) is 17.5 Å². The molecule has 1 heteroatoms. The third-order valence-electron chi connectivity index (χ3n) is 2.77. The highest BCUT2D eigenvalue weighted by Gasteiger charge is 2.05. The molecular formula is C16H14N. The monoisotopic (exact) mass is 220 g/mol. The Labute approximate surface area is 102 Å². The lowest BCUT2D eigenvalue weighted by Gasteiger charge is -2.09. The maximum absolute atomic E-state index is 8.70. The van der Waals surface area contributed by atoms with E-state index >= 15 is 0 Å². The molecule has 0 aromatic heterocycles. The largest absolute Gasteiger partial charge is 0.198 e. The van der Waals surface area contributed by atoms with Gasteiger partial charge in [-0.15, -0.1) is 0 Å². The summed E-state index contributed by atoms with van der Waals surface area (Å²) in [4.78, 5) is 0. The van der Waals surface area contributed by atoms with Crippen molar-refractivity contribution < 1.29 is 0 Å².